The number of ether oxygens (including phenoxy) is 1. The molecule has 4 rings (SSSR count). The molecule has 1 saturated carbocycles. The molecule has 0 unspecified atom stereocenters. The highest BCUT2D eigenvalue weighted by atomic mass is 16.5. The van der Waals surface area contributed by atoms with Crippen LogP contribution in [0.4, 0.5) is 11.6 Å². The van der Waals surface area contributed by atoms with Crippen molar-refractivity contribution in [2.75, 3.05) is 10.6 Å². The minimum atomic E-state index is -0.285. The lowest BCUT2D eigenvalue weighted by Gasteiger charge is -2.12. The Bertz CT molecular complexity index is 893. The zero-order valence-electron chi connectivity index (χ0n) is 14.1. The number of para-hydroxylation sites is 3. The van der Waals surface area contributed by atoms with E-state index in [1.165, 1.54) is 12.4 Å². The number of nitrogens with one attached hydrogen (secondary N) is 2. The highest BCUT2D eigenvalue weighted by molar-refractivity contribution is 6.04. The molecule has 2 N–H and O–H groups in total. The SMILES string of the molecule is O=C(Nc1ccccc1Oc1ccccc1)c1cnc(NC2CC2)nc1. The van der Waals surface area contributed by atoms with E-state index in [0.29, 0.717) is 34.7 Å². The van der Waals surface area contributed by atoms with Crippen molar-refractivity contribution in [1.82, 2.24) is 9.97 Å². The first-order valence-corrected chi connectivity index (χ1v) is 8.50. The van der Waals surface area contributed by atoms with Gasteiger partial charge in [0, 0.05) is 18.4 Å². The second-order valence-corrected chi connectivity index (χ2v) is 6.08. The molecule has 0 bridgehead atoms. The summed E-state index contributed by atoms with van der Waals surface area (Å²) in [5, 5.41) is 6.05. The fourth-order valence-corrected chi connectivity index (χ4v) is 2.40. The normalized spacial score (nSPS) is 13.1. The van der Waals surface area contributed by atoms with Crippen molar-refractivity contribution >= 4 is 17.5 Å². The molecule has 130 valence electrons. The van der Waals surface area contributed by atoms with E-state index in [2.05, 4.69) is 20.6 Å². The summed E-state index contributed by atoms with van der Waals surface area (Å²) in [6.07, 6.45) is 5.33. The lowest BCUT2D eigenvalue weighted by molar-refractivity contribution is 0.102. The summed E-state index contributed by atoms with van der Waals surface area (Å²) in [7, 11) is 0. The maximum Gasteiger partial charge on any atom is 0.258 e. The number of nitrogens with zero attached hydrogens (tertiary/aromatic N) is 2. The maximum absolute atomic E-state index is 12.5. The molecule has 6 heteroatoms. The van der Waals surface area contributed by atoms with Crippen molar-refractivity contribution in [3.63, 3.8) is 0 Å². The van der Waals surface area contributed by atoms with Crippen molar-refractivity contribution in [2.45, 2.75) is 18.9 Å². The molecule has 1 aliphatic rings. The van der Waals surface area contributed by atoms with Gasteiger partial charge < -0.3 is 15.4 Å². The molecule has 6 nitrogen and oxygen atoms in total. The molecule has 1 aliphatic carbocycles. The van der Waals surface area contributed by atoms with Crippen molar-refractivity contribution in [3.8, 4) is 11.5 Å². The predicted molar refractivity (Wildman–Crippen MR) is 99.6 cm³/mol. The van der Waals surface area contributed by atoms with Crippen LogP contribution in [0.2, 0.25) is 0 Å². The Morgan fingerprint density at radius 1 is 0.962 bits per heavy atom. The van der Waals surface area contributed by atoms with E-state index in [4.69, 9.17) is 4.74 Å². The van der Waals surface area contributed by atoms with Gasteiger partial charge in [-0.15, -0.1) is 0 Å². The largest absolute Gasteiger partial charge is 0.455 e. The Balaban J connectivity index is 1.47. The molecule has 0 spiro atoms. The van der Waals surface area contributed by atoms with E-state index >= 15 is 0 Å². The molecule has 0 saturated heterocycles. The molecule has 1 aromatic heterocycles. The number of hydrogen-bond donors (Lipinski definition) is 2. The van der Waals surface area contributed by atoms with Crippen LogP contribution in [0.3, 0.4) is 0 Å². The van der Waals surface area contributed by atoms with Gasteiger partial charge in [-0.1, -0.05) is 30.3 Å². The highest BCUT2D eigenvalue weighted by Crippen LogP contribution is 2.29. The van der Waals surface area contributed by atoms with Gasteiger partial charge in [0.1, 0.15) is 5.75 Å². The van der Waals surface area contributed by atoms with E-state index in [9.17, 15) is 4.79 Å². The minimum absolute atomic E-state index is 0.285. The van der Waals surface area contributed by atoms with E-state index in [1.807, 2.05) is 48.5 Å². The smallest absolute Gasteiger partial charge is 0.258 e. The molecule has 1 fully saturated rings. The first kappa shape index (κ1) is 16.1. The number of hydrogen-bond acceptors (Lipinski definition) is 5. The van der Waals surface area contributed by atoms with E-state index in [-0.39, 0.29) is 5.91 Å². The summed E-state index contributed by atoms with van der Waals surface area (Å²) in [5.41, 5.74) is 0.974. The van der Waals surface area contributed by atoms with Gasteiger partial charge in [-0.3, -0.25) is 4.79 Å². The zero-order chi connectivity index (χ0) is 17.8. The molecule has 0 atom stereocenters. The Kier molecular flexibility index (Phi) is 4.47. The minimum Gasteiger partial charge on any atom is -0.455 e. The van der Waals surface area contributed by atoms with Crippen LogP contribution in [-0.4, -0.2) is 21.9 Å². The Morgan fingerprint density at radius 3 is 2.38 bits per heavy atom. The van der Waals surface area contributed by atoms with Crippen LogP contribution in [0.15, 0.2) is 67.0 Å². The quantitative estimate of drug-likeness (QED) is 0.703. The van der Waals surface area contributed by atoms with Crippen LogP contribution in [0.25, 0.3) is 0 Å². The summed E-state index contributed by atoms with van der Waals surface area (Å²) in [6.45, 7) is 0. The molecular weight excluding hydrogens is 328 g/mol. The van der Waals surface area contributed by atoms with Crippen LogP contribution in [0, 0.1) is 0 Å². The molecule has 0 aliphatic heterocycles. The molecule has 1 amide bonds. The summed E-state index contributed by atoms with van der Waals surface area (Å²) in [5.74, 6) is 1.54. The highest BCUT2D eigenvalue weighted by Gasteiger charge is 2.22. The van der Waals surface area contributed by atoms with Crippen LogP contribution >= 0.6 is 0 Å². The number of benzene rings is 2. The Morgan fingerprint density at radius 2 is 1.65 bits per heavy atom. The topological polar surface area (TPSA) is 76.1 Å². The van der Waals surface area contributed by atoms with Crippen molar-refractivity contribution in [2.24, 2.45) is 0 Å². The second-order valence-electron chi connectivity index (χ2n) is 6.08. The number of rotatable bonds is 6. The number of aromatic nitrogens is 2. The van der Waals surface area contributed by atoms with E-state index in [1.54, 1.807) is 6.07 Å². The monoisotopic (exact) mass is 346 g/mol. The fraction of sp³-hybridized carbons (Fsp3) is 0.150. The number of anilines is 2. The fourth-order valence-electron chi connectivity index (χ4n) is 2.40. The molecule has 0 radical (unpaired) electrons. The number of carbonyl (C=O) groups is 1. The maximum atomic E-state index is 12.5. The summed E-state index contributed by atoms with van der Waals surface area (Å²) < 4.78 is 5.86. The van der Waals surface area contributed by atoms with Crippen LogP contribution in [0.5, 0.6) is 11.5 Å². The standard InChI is InChI=1S/C20H18N4O2/c25-19(14-12-21-20(22-13-14)23-15-10-11-15)24-17-8-4-5-9-18(17)26-16-6-2-1-3-7-16/h1-9,12-13,15H,10-11H2,(H,24,25)(H,21,22,23). The van der Waals surface area contributed by atoms with Crippen molar-refractivity contribution in [1.29, 1.82) is 0 Å². The van der Waals surface area contributed by atoms with Gasteiger partial charge in [0.15, 0.2) is 5.75 Å². The van der Waals surface area contributed by atoms with Gasteiger partial charge in [-0.2, -0.15) is 0 Å². The van der Waals surface area contributed by atoms with E-state index in [0.717, 1.165) is 12.8 Å². The Labute approximate surface area is 151 Å². The summed E-state index contributed by atoms with van der Waals surface area (Å²) in [4.78, 5) is 20.9. The van der Waals surface area contributed by atoms with E-state index < -0.39 is 0 Å². The third-order valence-corrected chi connectivity index (χ3v) is 3.93. The van der Waals surface area contributed by atoms with Gasteiger partial charge in [0.25, 0.3) is 5.91 Å². The molecule has 26 heavy (non-hydrogen) atoms. The van der Waals surface area contributed by atoms with Gasteiger partial charge in [0.2, 0.25) is 5.95 Å². The zero-order valence-corrected chi connectivity index (χ0v) is 14.1. The number of carbonyl (C=O) groups excluding carboxylic acids is 1. The average molecular weight is 346 g/mol. The van der Waals surface area contributed by atoms with Crippen LogP contribution in [0.1, 0.15) is 23.2 Å². The lowest BCUT2D eigenvalue weighted by atomic mass is 10.2. The van der Waals surface area contributed by atoms with Crippen molar-refractivity contribution < 1.29 is 9.53 Å². The Hall–Kier alpha value is -3.41. The third-order valence-electron chi connectivity index (χ3n) is 3.93. The summed E-state index contributed by atoms with van der Waals surface area (Å²) >= 11 is 0. The first-order valence-electron chi connectivity index (χ1n) is 8.50. The third kappa shape index (κ3) is 3.97. The number of amides is 1. The van der Waals surface area contributed by atoms with Crippen LogP contribution < -0.4 is 15.4 Å². The van der Waals surface area contributed by atoms with Gasteiger partial charge in [-0.05, 0) is 37.1 Å². The second kappa shape index (κ2) is 7.23. The molecule has 1 heterocycles. The molecule has 2 aromatic carbocycles. The van der Waals surface area contributed by atoms with Gasteiger partial charge >= 0.3 is 0 Å². The van der Waals surface area contributed by atoms with Crippen molar-refractivity contribution in [3.05, 3.63) is 72.6 Å². The van der Waals surface area contributed by atoms with Gasteiger partial charge in [0.05, 0.1) is 11.3 Å². The lowest BCUT2D eigenvalue weighted by Crippen LogP contribution is -2.14. The molecule has 3 aromatic rings. The predicted octanol–water partition coefficient (Wildman–Crippen LogP) is 4.10. The van der Waals surface area contributed by atoms with Crippen LogP contribution in [-0.2, 0) is 0 Å². The molecular formula is C20H18N4O2. The van der Waals surface area contributed by atoms with Gasteiger partial charge in [-0.25, -0.2) is 9.97 Å². The first-order chi connectivity index (χ1) is 12.8. The average Bonchev–Trinajstić information content (AvgIpc) is 3.49. The summed E-state index contributed by atoms with van der Waals surface area (Å²) in [6, 6.07) is 17.2.